The molecule has 1 atom stereocenters. The largest absolute Gasteiger partial charge is 0.348 e. The normalized spacial score (nSPS) is 12.6. The van der Waals surface area contributed by atoms with Gasteiger partial charge >= 0.3 is 0 Å². The zero-order chi connectivity index (χ0) is 25.0. The zero-order valence-electron chi connectivity index (χ0n) is 20.2. The van der Waals surface area contributed by atoms with Crippen LogP contribution in [0.15, 0.2) is 65.6 Å². The van der Waals surface area contributed by atoms with Crippen LogP contribution in [-0.4, -0.2) is 25.2 Å². The quantitative estimate of drug-likeness (QED) is 0.437. The number of halogens is 1. The summed E-state index contributed by atoms with van der Waals surface area (Å²) in [7, 11) is -3.93. The molecule has 7 heteroatoms. The lowest BCUT2D eigenvalue weighted by molar-refractivity contribution is -0.122. The molecule has 0 aromatic heterocycles. The molecule has 1 amide bonds. The summed E-state index contributed by atoms with van der Waals surface area (Å²) >= 11 is 5.95. The van der Waals surface area contributed by atoms with Gasteiger partial charge in [0.25, 0.3) is 0 Å². The molecule has 3 rings (SSSR count). The van der Waals surface area contributed by atoms with Gasteiger partial charge in [0.2, 0.25) is 15.9 Å². The molecule has 0 aliphatic heterocycles. The predicted molar refractivity (Wildman–Crippen MR) is 137 cm³/mol. The average molecular weight is 499 g/mol. The highest BCUT2D eigenvalue weighted by atomic mass is 35.5. The molecule has 0 fully saturated rings. The van der Waals surface area contributed by atoms with Crippen LogP contribution in [0.2, 0.25) is 5.02 Å². The van der Waals surface area contributed by atoms with Crippen LogP contribution >= 0.6 is 11.6 Å². The van der Waals surface area contributed by atoms with Crippen LogP contribution < -0.4 is 5.32 Å². The van der Waals surface area contributed by atoms with Crippen LogP contribution in [0.4, 0.5) is 0 Å². The molecule has 1 N–H and O–H groups in total. The highest BCUT2D eigenvalue weighted by Gasteiger charge is 2.28. The summed E-state index contributed by atoms with van der Waals surface area (Å²) in [6, 6.07) is 17.5. The van der Waals surface area contributed by atoms with E-state index in [9.17, 15) is 13.2 Å². The summed E-state index contributed by atoms with van der Waals surface area (Å²) in [5, 5.41) is 3.43. The van der Waals surface area contributed by atoms with Gasteiger partial charge in [-0.15, -0.1) is 0 Å². The van der Waals surface area contributed by atoms with Crippen molar-refractivity contribution in [2.75, 3.05) is 6.54 Å². The Labute approximate surface area is 207 Å². The minimum atomic E-state index is -3.93. The van der Waals surface area contributed by atoms with Crippen LogP contribution in [0.5, 0.6) is 0 Å². The average Bonchev–Trinajstić information content (AvgIpc) is 2.77. The highest BCUT2D eigenvalue weighted by Crippen LogP contribution is 2.24. The number of nitrogens with zero attached hydrogens (tertiary/aromatic N) is 1. The number of nitrogens with one attached hydrogen (secondary N) is 1. The Morgan fingerprint density at radius 3 is 2.18 bits per heavy atom. The Balaban J connectivity index is 1.87. The molecular formula is C27H31ClN2O3S. The molecule has 0 aliphatic rings. The monoisotopic (exact) mass is 498 g/mol. The van der Waals surface area contributed by atoms with Gasteiger partial charge in [-0.05, 0) is 92.3 Å². The van der Waals surface area contributed by atoms with Gasteiger partial charge in [-0.25, -0.2) is 8.42 Å². The van der Waals surface area contributed by atoms with E-state index in [1.54, 1.807) is 0 Å². The molecule has 3 aromatic rings. The van der Waals surface area contributed by atoms with Crippen LogP contribution in [0.25, 0.3) is 0 Å². The van der Waals surface area contributed by atoms with Gasteiger partial charge in [0.15, 0.2) is 0 Å². The van der Waals surface area contributed by atoms with Crippen molar-refractivity contribution >= 4 is 27.5 Å². The number of rotatable bonds is 8. The van der Waals surface area contributed by atoms with Crippen molar-refractivity contribution < 1.29 is 13.2 Å². The van der Waals surface area contributed by atoms with E-state index in [1.807, 2.05) is 52.0 Å². The summed E-state index contributed by atoms with van der Waals surface area (Å²) in [5.74, 6) is -0.365. The summed E-state index contributed by atoms with van der Waals surface area (Å²) in [4.78, 5) is 13.2. The lowest BCUT2D eigenvalue weighted by atomic mass is 9.96. The number of carbonyl (C=O) groups excluding carboxylic acids is 1. The molecule has 34 heavy (non-hydrogen) atoms. The number of aryl methyl sites for hydroxylation is 4. The zero-order valence-corrected chi connectivity index (χ0v) is 21.8. The fraction of sp³-hybridized carbons (Fsp3) is 0.296. The second kappa shape index (κ2) is 10.7. The smallest absolute Gasteiger partial charge is 0.243 e. The van der Waals surface area contributed by atoms with E-state index in [-0.39, 0.29) is 29.9 Å². The molecule has 0 spiro atoms. The fourth-order valence-electron chi connectivity index (χ4n) is 3.93. The van der Waals surface area contributed by atoms with Crippen LogP contribution in [-0.2, 0) is 21.4 Å². The van der Waals surface area contributed by atoms with Crippen LogP contribution in [0, 0.1) is 27.7 Å². The Bertz CT molecular complexity index is 1290. The van der Waals surface area contributed by atoms with Crippen molar-refractivity contribution in [3.8, 4) is 0 Å². The Morgan fingerprint density at radius 1 is 0.912 bits per heavy atom. The van der Waals surface area contributed by atoms with Crippen LogP contribution in [0.3, 0.4) is 0 Å². The number of amides is 1. The van der Waals surface area contributed by atoms with Gasteiger partial charge in [-0.1, -0.05) is 48.0 Å². The van der Waals surface area contributed by atoms with Gasteiger partial charge in [-0.3, -0.25) is 4.79 Å². The van der Waals surface area contributed by atoms with Gasteiger partial charge in [0, 0.05) is 11.6 Å². The first kappa shape index (κ1) is 25.9. The summed E-state index contributed by atoms with van der Waals surface area (Å²) in [6.07, 6.45) is 0. The molecule has 0 saturated carbocycles. The van der Waals surface area contributed by atoms with Gasteiger partial charge in [-0.2, -0.15) is 4.31 Å². The molecule has 0 bridgehead atoms. The maximum absolute atomic E-state index is 13.5. The third kappa shape index (κ3) is 6.06. The fourth-order valence-corrected chi connectivity index (χ4v) is 5.43. The van der Waals surface area contributed by atoms with E-state index in [2.05, 4.69) is 24.4 Å². The molecule has 0 saturated heterocycles. The number of hydrogen-bond donors (Lipinski definition) is 1. The van der Waals surface area contributed by atoms with E-state index in [0.29, 0.717) is 5.02 Å². The lowest BCUT2D eigenvalue weighted by Crippen LogP contribution is -2.41. The van der Waals surface area contributed by atoms with Gasteiger partial charge in [0.1, 0.15) is 0 Å². The minimum absolute atomic E-state index is 0.0854. The highest BCUT2D eigenvalue weighted by molar-refractivity contribution is 7.89. The molecule has 0 aliphatic carbocycles. The molecule has 3 aromatic carbocycles. The SMILES string of the molecule is Cc1cc(C)c([C@H](C)NC(=O)CN(Cc2ccccc2C)S(=O)(=O)c2ccc(Cl)cc2)cc1C. The van der Waals surface area contributed by atoms with Crippen molar-refractivity contribution in [3.63, 3.8) is 0 Å². The molecule has 0 radical (unpaired) electrons. The second-order valence-corrected chi connectivity index (χ2v) is 11.1. The third-order valence-electron chi connectivity index (χ3n) is 6.11. The van der Waals surface area contributed by atoms with Gasteiger partial charge < -0.3 is 5.32 Å². The first-order valence-electron chi connectivity index (χ1n) is 11.2. The number of hydrogen-bond acceptors (Lipinski definition) is 3. The summed E-state index contributed by atoms with van der Waals surface area (Å²) in [6.45, 7) is 9.73. The van der Waals surface area contributed by atoms with Crippen molar-refractivity contribution in [3.05, 3.63) is 99.1 Å². The maximum atomic E-state index is 13.5. The lowest BCUT2D eigenvalue weighted by Gasteiger charge is -2.24. The van der Waals surface area contributed by atoms with E-state index in [0.717, 1.165) is 27.8 Å². The van der Waals surface area contributed by atoms with E-state index >= 15 is 0 Å². The Kier molecular flexibility index (Phi) is 8.18. The third-order valence-corrected chi connectivity index (χ3v) is 8.16. The molecule has 0 unspecified atom stereocenters. The maximum Gasteiger partial charge on any atom is 0.243 e. The van der Waals surface area contributed by atoms with Crippen LogP contribution in [0.1, 0.15) is 46.3 Å². The topological polar surface area (TPSA) is 66.5 Å². The number of carbonyl (C=O) groups is 1. The first-order chi connectivity index (χ1) is 16.0. The Hall–Kier alpha value is -2.67. The summed E-state index contributed by atoms with van der Waals surface area (Å²) < 4.78 is 28.2. The molecule has 180 valence electrons. The molecular weight excluding hydrogens is 468 g/mol. The van der Waals surface area contributed by atoms with E-state index in [1.165, 1.54) is 34.1 Å². The standard InChI is InChI=1S/C27H31ClN2O3S/c1-18-8-6-7-9-23(18)16-30(34(32,33)25-12-10-24(28)11-13-25)17-27(31)29-22(5)26-15-20(3)19(2)14-21(26)4/h6-15,22H,16-17H2,1-5H3,(H,29,31)/t22-/m0/s1. The second-order valence-electron chi connectivity index (χ2n) is 8.74. The predicted octanol–water partition coefficient (Wildman–Crippen LogP) is 5.64. The van der Waals surface area contributed by atoms with E-state index in [4.69, 9.17) is 11.6 Å². The molecule has 0 heterocycles. The first-order valence-corrected chi connectivity index (χ1v) is 13.0. The Morgan fingerprint density at radius 2 is 1.53 bits per heavy atom. The van der Waals surface area contributed by atoms with Gasteiger partial charge in [0.05, 0.1) is 17.5 Å². The minimum Gasteiger partial charge on any atom is -0.348 e. The van der Waals surface area contributed by atoms with E-state index < -0.39 is 10.0 Å². The van der Waals surface area contributed by atoms with Crippen molar-refractivity contribution in [1.82, 2.24) is 9.62 Å². The number of benzene rings is 3. The summed E-state index contributed by atoms with van der Waals surface area (Å²) in [5.41, 5.74) is 6.24. The van der Waals surface area contributed by atoms with Crippen molar-refractivity contribution in [2.45, 2.75) is 52.1 Å². The molecule has 5 nitrogen and oxygen atoms in total. The van der Waals surface area contributed by atoms with Crippen molar-refractivity contribution in [2.24, 2.45) is 0 Å². The van der Waals surface area contributed by atoms with Crippen molar-refractivity contribution in [1.29, 1.82) is 0 Å². The number of sulfonamides is 1.